The van der Waals surface area contributed by atoms with Gasteiger partial charge in [0.2, 0.25) is 5.91 Å². The Morgan fingerprint density at radius 2 is 1.73 bits per heavy atom. The number of carbonyl (C=O) groups is 1. The van der Waals surface area contributed by atoms with Crippen molar-refractivity contribution in [3.05, 3.63) is 23.8 Å². The summed E-state index contributed by atoms with van der Waals surface area (Å²) in [7, 11) is 0. The predicted octanol–water partition coefficient (Wildman–Crippen LogP) is 3.76. The zero-order valence-corrected chi connectivity index (χ0v) is 13.4. The van der Waals surface area contributed by atoms with Crippen LogP contribution in [0.25, 0.3) is 0 Å². The van der Waals surface area contributed by atoms with Gasteiger partial charge in [0.1, 0.15) is 0 Å². The van der Waals surface area contributed by atoms with E-state index in [1.807, 2.05) is 0 Å². The molecule has 1 aromatic carbocycles. The molecule has 0 N–H and O–H groups in total. The van der Waals surface area contributed by atoms with Crippen LogP contribution in [0.1, 0.15) is 50.5 Å². The molecule has 1 saturated carbocycles. The van der Waals surface area contributed by atoms with Crippen LogP contribution in [0.5, 0.6) is 0 Å². The van der Waals surface area contributed by atoms with Crippen LogP contribution in [0.4, 0.5) is 11.4 Å². The Morgan fingerprint density at radius 1 is 0.955 bits per heavy atom. The molecule has 0 spiro atoms. The normalized spacial score (nSPS) is 22.2. The van der Waals surface area contributed by atoms with E-state index in [1.165, 1.54) is 42.6 Å². The van der Waals surface area contributed by atoms with Crippen LogP contribution in [-0.2, 0) is 11.2 Å². The Balaban J connectivity index is 1.63. The highest BCUT2D eigenvalue weighted by Gasteiger charge is 2.31. The van der Waals surface area contributed by atoms with Crippen LogP contribution in [0, 0.1) is 5.92 Å². The summed E-state index contributed by atoms with van der Waals surface area (Å²) in [6, 6.07) is 6.80. The van der Waals surface area contributed by atoms with Gasteiger partial charge in [-0.1, -0.05) is 18.9 Å². The molecular formula is C19H26N2O. The van der Waals surface area contributed by atoms with E-state index in [2.05, 4.69) is 28.0 Å². The monoisotopic (exact) mass is 298 g/mol. The third-order valence-corrected chi connectivity index (χ3v) is 5.63. The van der Waals surface area contributed by atoms with Crippen molar-refractivity contribution < 1.29 is 4.79 Å². The van der Waals surface area contributed by atoms with Crippen molar-refractivity contribution in [2.45, 2.75) is 51.4 Å². The molecule has 0 bridgehead atoms. The first kappa shape index (κ1) is 14.1. The van der Waals surface area contributed by atoms with Gasteiger partial charge < -0.3 is 9.80 Å². The van der Waals surface area contributed by atoms with Gasteiger partial charge in [-0.05, 0) is 56.2 Å². The minimum Gasteiger partial charge on any atom is -0.371 e. The van der Waals surface area contributed by atoms with Crippen LogP contribution in [-0.4, -0.2) is 25.5 Å². The van der Waals surface area contributed by atoms with E-state index < -0.39 is 0 Å². The van der Waals surface area contributed by atoms with Crippen LogP contribution in [0.2, 0.25) is 0 Å². The van der Waals surface area contributed by atoms with E-state index in [0.717, 1.165) is 45.3 Å². The van der Waals surface area contributed by atoms with Crippen molar-refractivity contribution in [3.8, 4) is 0 Å². The Bertz CT molecular complexity index is 557. The third-order valence-electron chi connectivity index (χ3n) is 5.63. The van der Waals surface area contributed by atoms with E-state index in [1.54, 1.807) is 0 Å². The quantitative estimate of drug-likeness (QED) is 0.830. The van der Waals surface area contributed by atoms with Gasteiger partial charge in [0.15, 0.2) is 0 Å². The molecule has 4 rings (SSSR count). The molecule has 0 radical (unpaired) electrons. The lowest BCUT2D eigenvalue weighted by molar-refractivity contribution is -0.122. The van der Waals surface area contributed by atoms with Gasteiger partial charge in [0, 0.05) is 36.9 Å². The first-order valence-electron chi connectivity index (χ1n) is 9.02. The van der Waals surface area contributed by atoms with E-state index in [-0.39, 0.29) is 5.92 Å². The summed E-state index contributed by atoms with van der Waals surface area (Å²) >= 11 is 0. The number of hydrogen-bond donors (Lipinski definition) is 0. The van der Waals surface area contributed by atoms with Crippen molar-refractivity contribution in [1.82, 2.24) is 0 Å². The van der Waals surface area contributed by atoms with E-state index in [9.17, 15) is 4.79 Å². The molecule has 0 unspecified atom stereocenters. The predicted molar refractivity (Wildman–Crippen MR) is 90.5 cm³/mol. The van der Waals surface area contributed by atoms with Gasteiger partial charge >= 0.3 is 0 Å². The van der Waals surface area contributed by atoms with Gasteiger partial charge in [-0.25, -0.2) is 0 Å². The van der Waals surface area contributed by atoms with Crippen molar-refractivity contribution in [2.75, 3.05) is 29.4 Å². The summed E-state index contributed by atoms with van der Waals surface area (Å²) in [6.07, 6.45) is 9.45. The van der Waals surface area contributed by atoms with E-state index in [0.29, 0.717) is 5.91 Å². The number of hydrogen-bond acceptors (Lipinski definition) is 2. The molecule has 3 aliphatic rings. The van der Waals surface area contributed by atoms with E-state index in [4.69, 9.17) is 0 Å². The standard InChI is InChI=1S/C19H26N2O/c22-19(16-6-1-2-7-16)21-13-5-8-15-9-10-17(14-18(15)21)20-11-3-4-12-20/h9-10,14,16H,1-8,11-13H2. The molecule has 2 aliphatic heterocycles. The third kappa shape index (κ3) is 2.51. The molecule has 1 aromatic rings. The maximum Gasteiger partial charge on any atom is 0.230 e. The summed E-state index contributed by atoms with van der Waals surface area (Å²) < 4.78 is 0. The highest BCUT2D eigenvalue weighted by molar-refractivity contribution is 5.96. The van der Waals surface area contributed by atoms with Gasteiger partial charge in [-0.2, -0.15) is 0 Å². The van der Waals surface area contributed by atoms with Crippen molar-refractivity contribution in [1.29, 1.82) is 0 Å². The zero-order valence-electron chi connectivity index (χ0n) is 13.4. The molecule has 3 nitrogen and oxygen atoms in total. The molecular weight excluding hydrogens is 272 g/mol. The SMILES string of the molecule is O=C(C1CCCC1)N1CCCc2ccc(N3CCCC3)cc21. The molecule has 1 aliphatic carbocycles. The summed E-state index contributed by atoms with van der Waals surface area (Å²) in [4.78, 5) is 17.5. The lowest BCUT2D eigenvalue weighted by Gasteiger charge is -2.33. The topological polar surface area (TPSA) is 23.6 Å². The zero-order chi connectivity index (χ0) is 14.9. The first-order valence-corrected chi connectivity index (χ1v) is 9.02. The number of carbonyl (C=O) groups excluding carboxylic acids is 1. The second kappa shape index (κ2) is 5.94. The Hall–Kier alpha value is -1.51. The lowest BCUT2D eigenvalue weighted by Crippen LogP contribution is -2.39. The highest BCUT2D eigenvalue weighted by Crippen LogP contribution is 2.35. The Morgan fingerprint density at radius 3 is 2.50 bits per heavy atom. The Kier molecular flexibility index (Phi) is 3.81. The molecule has 1 amide bonds. The molecule has 0 atom stereocenters. The van der Waals surface area contributed by atoms with Crippen LogP contribution < -0.4 is 9.80 Å². The number of aryl methyl sites for hydroxylation is 1. The fourth-order valence-corrected chi connectivity index (χ4v) is 4.36. The smallest absolute Gasteiger partial charge is 0.230 e. The fourth-order valence-electron chi connectivity index (χ4n) is 4.36. The minimum absolute atomic E-state index is 0.279. The average molecular weight is 298 g/mol. The minimum atomic E-state index is 0.279. The molecule has 22 heavy (non-hydrogen) atoms. The summed E-state index contributed by atoms with van der Waals surface area (Å²) in [5.74, 6) is 0.665. The van der Waals surface area contributed by atoms with Crippen molar-refractivity contribution in [2.24, 2.45) is 5.92 Å². The highest BCUT2D eigenvalue weighted by atomic mass is 16.2. The maximum absolute atomic E-state index is 12.9. The number of benzene rings is 1. The van der Waals surface area contributed by atoms with Crippen molar-refractivity contribution >= 4 is 17.3 Å². The maximum atomic E-state index is 12.9. The second-order valence-corrected chi connectivity index (χ2v) is 7.08. The fraction of sp³-hybridized carbons (Fsp3) is 0.632. The molecule has 118 valence electrons. The number of anilines is 2. The number of nitrogens with zero attached hydrogens (tertiary/aromatic N) is 2. The summed E-state index contributed by atoms with van der Waals surface area (Å²) in [5, 5.41) is 0. The van der Waals surface area contributed by atoms with Crippen LogP contribution >= 0.6 is 0 Å². The van der Waals surface area contributed by atoms with Gasteiger partial charge in [-0.15, -0.1) is 0 Å². The number of amides is 1. The Labute approximate surface area is 133 Å². The first-order chi connectivity index (χ1) is 10.8. The average Bonchev–Trinajstić information content (AvgIpc) is 3.26. The molecule has 2 heterocycles. The lowest BCUT2D eigenvalue weighted by atomic mass is 9.98. The number of fused-ring (bicyclic) bond motifs is 1. The second-order valence-electron chi connectivity index (χ2n) is 7.08. The molecule has 2 fully saturated rings. The van der Waals surface area contributed by atoms with Crippen LogP contribution in [0.3, 0.4) is 0 Å². The molecule has 1 saturated heterocycles. The van der Waals surface area contributed by atoms with Gasteiger partial charge in [-0.3, -0.25) is 4.79 Å². The summed E-state index contributed by atoms with van der Waals surface area (Å²) in [6.45, 7) is 3.23. The van der Waals surface area contributed by atoms with E-state index >= 15 is 0 Å². The van der Waals surface area contributed by atoms with Gasteiger partial charge in [0.25, 0.3) is 0 Å². The molecule has 3 heteroatoms. The molecule has 0 aromatic heterocycles. The van der Waals surface area contributed by atoms with Gasteiger partial charge in [0.05, 0.1) is 0 Å². The van der Waals surface area contributed by atoms with Crippen molar-refractivity contribution in [3.63, 3.8) is 0 Å². The number of rotatable bonds is 2. The summed E-state index contributed by atoms with van der Waals surface area (Å²) in [5.41, 5.74) is 3.87. The van der Waals surface area contributed by atoms with Crippen LogP contribution in [0.15, 0.2) is 18.2 Å². The largest absolute Gasteiger partial charge is 0.371 e.